The lowest BCUT2D eigenvalue weighted by molar-refractivity contribution is -0.113. The number of aryl methyl sites for hydroxylation is 3. The fraction of sp³-hybridized carbons (Fsp3) is 0.185. The number of fused-ring (bicyclic) bond motifs is 3. The second kappa shape index (κ2) is 9.50. The van der Waals surface area contributed by atoms with Crippen LogP contribution in [0, 0.1) is 20.8 Å². The molecule has 2 heterocycles. The van der Waals surface area contributed by atoms with Gasteiger partial charge in [-0.1, -0.05) is 48.2 Å². The minimum absolute atomic E-state index is 0.135. The highest BCUT2D eigenvalue weighted by Gasteiger charge is 2.21. The van der Waals surface area contributed by atoms with Crippen LogP contribution in [-0.2, 0) is 4.79 Å². The Hall–Kier alpha value is -4.11. The molecular weight excluding hydrogens is 474 g/mol. The zero-order valence-corrected chi connectivity index (χ0v) is 21.2. The number of carbonyl (C=O) groups excluding carboxylic acids is 1. The Labute approximate surface area is 211 Å². The molecule has 5 aromatic rings. The van der Waals surface area contributed by atoms with E-state index in [2.05, 4.69) is 15.5 Å². The normalized spacial score (nSPS) is 11.2. The van der Waals surface area contributed by atoms with Gasteiger partial charge in [0.25, 0.3) is 5.56 Å². The molecule has 0 atom stereocenters. The number of aromatic nitrogens is 4. The molecule has 0 saturated heterocycles. The number of nitrogens with zero attached hydrogens (tertiary/aromatic N) is 4. The van der Waals surface area contributed by atoms with E-state index in [-0.39, 0.29) is 17.2 Å². The van der Waals surface area contributed by atoms with Gasteiger partial charge in [-0.25, -0.2) is 4.57 Å². The topological polar surface area (TPSA) is 90.5 Å². The van der Waals surface area contributed by atoms with Crippen LogP contribution in [-0.4, -0.2) is 37.9 Å². The first-order valence-electron chi connectivity index (χ1n) is 11.4. The second-order valence-corrected chi connectivity index (χ2v) is 9.50. The molecule has 5 rings (SSSR count). The molecular formula is C27H25N5O3S. The summed E-state index contributed by atoms with van der Waals surface area (Å²) in [5.74, 6) is 0.882. The quantitative estimate of drug-likeness (QED) is 0.341. The number of benzene rings is 3. The van der Waals surface area contributed by atoms with Crippen molar-refractivity contribution in [3.05, 3.63) is 87.7 Å². The molecule has 182 valence electrons. The average molecular weight is 500 g/mol. The van der Waals surface area contributed by atoms with Gasteiger partial charge in [0, 0.05) is 5.69 Å². The molecule has 0 spiro atoms. The predicted molar refractivity (Wildman–Crippen MR) is 143 cm³/mol. The van der Waals surface area contributed by atoms with Crippen LogP contribution in [0.3, 0.4) is 0 Å². The van der Waals surface area contributed by atoms with E-state index >= 15 is 0 Å². The van der Waals surface area contributed by atoms with Gasteiger partial charge in [0.1, 0.15) is 5.75 Å². The van der Waals surface area contributed by atoms with Crippen LogP contribution in [0.5, 0.6) is 5.75 Å². The van der Waals surface area contributed by atoms with Crippen molar-refractivity contribution in [2.45, 2.75) is 25.9 Å². The van der Waals surface area contributed by atoms with Crippen molar-refractivity contribution in [3.63, 3.8) is 0 Å². The number of amides is 1. The number of rotatable bonds is 6. The van der Waals surface area contributed by atoms with Gasteiger partial charge in [-0.15, -0.1) is 10.2 Å². The first-order valence-corrected chi connectivity index (χ1v) is 12.4. The highest BCUT2D eigenvalue weighted by Crippen LogP contribution is 2.28. The lowest BCUT2D eigenvalue weighted by Crippen LogP contribution is -2.22. The summed E-state index contributed by atoms with van der Waals surface area (Å²) in [7, 11) is 1.57. The number of ether oxygens (including phenoxy) is 1. The van der Waals surface area contributed by atoms with E-state index < -0.39 is 0 Å². The summed E-state index contributed by atoms with van der Waals surface area (Å²) in [6.07, 6.45) is 0. The summed E-state index contributed by atoms with van der Waals surface area (Å²) in [5, 5.41) is 12.8. The van der Waals surface area contributed by atoms with Crippen molar-refractivity contribution in [1.82, 2.24) is 19.2 Å². The van der Waals surface area contributed by atoms with Crippen molar-refractivity contribution in [2.75, 3.05) is 18.2 Å². The average Bonchev–Trinajstić information content (AvgIpc) is 3.29. The molecule has 0 aliphatic heterocycles. The molecule has 0 unspecified atom stereocenters. The lowest BCUT2D eigenvalue weighted by atomic mass is 10.1. The molecule has 3 aromatic carbocycles. The van der Waals surface area contributed by atoms with Crippen LogP contribution in [0.15, 0.2) is 70.6 Å². The predicted octanol–water partition coefficient (Wildman–Crippen LogP) is 4.70. The van der Waals surface area contributed by atoms with Gasteiger partial charge in [0.05, 0.1) is 29.5 Å². The summed E-state index contributed by atoms with van der Waals surface area (Å²) in [4.78, 5) is 26.4. The molecule has 2 aromatic heterocycles. The van der Waals surface area contributed by atoms with Crippen LogP contribution in [0.4, 0.5) is 5.69 Å². The molecule has 0 fully saturated rings. The van der Waals surface area contributed by atoms with Gasteiger partial charge >= 0.3 is 0 Å². The molecule has 1 N–H and O–H groups in total. The zero-order valence-electron chi connectivity index (χ0n) is 20.4. The van der Waals surface area contributed by atoms with E-state index in [1.165, 1.54) is 16.3 Å². The third kappa shape index (κ3) is 4.11. The Kier molecular flexibility index (Phi) is 6.24. The molecule has 0 aliphatic carbocycles. The first-order chi connectivity index (χ1) is 17.4. The van der Waals surface area contributed by atoms with Gasteiger partial charge in [-0.05, 0) is 61.7 Å². The standard InChI is InChI=1S/C27H25N5O3S/c1-16-12-13-22(35-4)21(14-16)31-25(34)19-10-5-6-11-20(19)32-26(31)29-30-27(32)36-15-23(33)28-24-17(2)8-7-9-18(24)3/h5-14H,15H2,1-4H3,(H,28,33). The van der Waals surface area contributed by atoms with Crippen LogP contribution in [0.1, 0.15) is 16.7 Å². The van der Waals surface area contributed by atoms with Gasteiger partial charge in [0.15, 0.2) is 5.16 Å². The molecule has 0 radical (unpaired) electrons. The highest BCUT2D eigenvalue weighted by molar-refractivity contribution is 7.99. The Bertz CT molecular complexity index is 1670. The number of hydrogen-bond acceptors (Lipinski definition) is 6. The van der Waals surface area contributed by atoms with E-state index in [0.717, 1.165) is 22.4 Å². The Morgan fingerprint density at radius 3 is 2.50 bits per heavy atom. The van der Waals surface area contributed by atoms with Crippen LogP contribution >= 0.6 is 11.8 Å². The molecule has 36 heavy (non-hydrogen) atoms. The SMILES string of the molecule is COc1ccc(C)cc1-n1c(=O)c2ccccc2n2c(SCC(=O)Nc3c(C)cccc3C)nnc12. The largest absolute Gasteiger partial charge is 0.495 e. The molecule has 0 bridgehead atoms. The van der Waals surface area contributed by atoms with Crippen LogP contribution in [0.25, 0.3) is 22.4 Å². The van der Waals surface area contributed by atoms with E-state index in [0.29, 0.717) is 33.3 Å². The minimum atomic E-state index is -0.223. The zero-order chi connectivity index (χ0) is 25.4. The molecule has 8 nitrogen and oxygen atoms in total. The Balaban J connectivity index is 1.59. The van der Waals surface area contributed by atoms with Gasteiger partial charge in [-0.3, -0.25) is 14.0 Å². The maximum absolute atomic E-state index is 13.6. The van der Waals surface area contributed by atoms with Crippen molar-refractivity contribution in [3.8, 4) is 11.4 Å². The Morgan fingerprint density at radius 2 is 1.75 bits per heavy atom. The summed E-state index contributed by atoms with van der Waals surface area (Å²) < 4.78 is 8.89. The second-order valence-electron chi connectivity index (χ2n) is 8.55. The monoisotopic (exact) mass is 499 g/mol. The summed E-state index contributed by atoms with van der Waals surface area (Å²) in [5.41, 5.74) is 4.82. The van der Waals surface area contributed by atoms with Crippen LogP contribution < -0.4 is 15.6 Å². The van der Waals surface area contributed by atoms with Gasteiger partial charge < -0.3 is 10.1 Å². The molecule has 0 saturated carbocycles. The first kappa shape index (κ1) is 23.6. The molecule has 9 heteroatoms. The fourth-order valence-corrected chi connectivity index (χ4v) is 5.02. The van der Waals surface area contributed by atoms with Gasteiger partial charge in [0.2, 0.25) is 11.7 Å². The lowest BCUT2D eigenvalue weighted by Gasteiger charge is -2.15. The number of carbonyl (C=O) groups is 1. The highest BCUT2D eigenvalue weighted by atomic mass is 32.2. The third-order valence-corrected chi connectivity index (χ3v) is 6.98. The summed E-state index contributed by atoms with van der Waals surface area (Å²) >= 11 is 1.26. The smallest absolute Gasteiger partial charge is 0.267 e. The number of para-hydroxylation sites is 2. The third-order valence-electron chi connectivity index (χ3n) is 6.05. The number of nitrogens with one attached hydrogen (secondary N) is 1. The number of methoxy groups -OCH3 is 1. The maximum Gasteiger partial charge on any atom is 0.267 e. The van der Waals surface area contributed by atoms with E-state index in [9.17, 15) is 9.59 Å². The van der Waals surface area contributed by atoms with Crippen molar-refractivity contribution in [1.29, 1.82) is 0 Å². The van der Waals surface area contributed by atoms with E-state index in [1.54, 1.807) is 13.2 Å². The van der Waals surface area contributed by atoms with Crippen molar-refractivity contribution < 1.29 is 9.53 Å². The Morgan fingerprint density at radius 1 is 1.00 bits per heavy atom. The summed E-state index contributed by atoms with van der Waals surface area (Å²) in [6.45, 7) is 5.88. The van der Waals surface area contributed by atoms with E-state index in [1.807, 2.05) is 79.8 Å². The molecule has 0 aliphatic rings. The number of thioether (sulfide) groups is 1. The van der Waals surface area contributed by atoms with Crippen molar-refractivity contribution in [2.24, 2.45) is 0 Å². The molecule has 1 amide bonds. The van der Waals surface area contributed by atoms with E-state index in [4.69, 9.17) is 4.74 Å². The number of hydrogen-bond donors (Lipinski definition) is 1. The summed E-state index contributed by atoms with van der Waals surface area (Å²) in [6, 6.07) is 18.8. The minimum Gasteiger partial charge on any atom is -0.495 e. The van der Waals surface area contributed by atoms with Gasteiger partial charge in [-0.2, -0.15) is 0 Å². The van der Waals surface area contributed by atoms with Crippen LogP contribution in [0.2, 0.25) is 0 Å². The maximum atomic E-state index is 13.6. The fourth-order valence-electron chi connectivity index (χ4n) is 4.28. The van der Waals surface area contributed by atoms with Crippen molar-refractivity contribution >= 4 is 40.0 Å². The number of anilines is 1.